The molecule has 24 heavy (non-hydrogen) atoms. The monoisotopic (exact) mass is 433 g/mol. The molecule has 0 N–H and O–H groups in total. The zero-order valence-electron chi connectivity index (χ0n) is 13.9. The van der Waals surface area contributed by atoms with E-state index in [9.17, 15) is 0 Å². The number of fused-ring (bicyclic) bond motifs is 3. The summed E-state index contributed by atoms with van der Waals surface area (Å²) in [6.07, 6.45) is 7.65. The number of benzene rings is 2. The zero-order valence-corrected chi connectivity index (χ0v) is 18.0. The maximum absolute atomic E-state index is 2.32. The van der Waals surface area contributed by atoms with Crippen LogP contribution in [-0.4, -0.2) is 3.21 Å². The van der Waals surface area contributed by atoms with Crippen LogP contribution in [0.15, 0.2) is 66.8 Å². The molecule has 124 valence electrons. The summed E-state index contributed by atoms with van der Waals surface area (Å²) in [7, 11) is 0. The average molecular weight is 436 g/mol. The SMILES string of the molecule is C1=CCC(c2cccc3c2[cH-]c2ccccc23)=C1.C[C](C)=[Zr].Cl.Cl. The van der Waals surface area contributed by atoms with E-state index in [2.05, 4.69) is 80.6 Å². The molecule has 0 amide bonds. The molecular weight excluding hydrogens is 414 g/mol. The summed E-state index contributed by atoms with van der Waals surface area (Å²) in [5.41, 5.74) is 2.81. The molecule has 0 aliphatic heterocycles. The van der Waals surface area contributed by atoms with Gasteiger partial charge in [-0.1, -0.05) is 65.8 Å². The van der Waals surface area contributed by atoms with E-state index in [1.54, 1.807) is 24.2 Å². The van der Waals surface area contributed by atoms with Crippen LogP contribution in [0.25, 0.3) is 27.1 Å². The molecule has 4 rings (SSSR count). The van der Waals surface area contributed by atoms with E-state index < -0.39 is 0 Å². The zero-order chi connectivity index (χ0) is 15.5. The number of allylic oxidation sites excluding steroid dienone is 4. The second-order valence-electron chi connectivity index (χ2n) is 5.82. The van der Waals surface area contributed by atoms with Crippen molar-refractivity contribution in [1.29, 1.82) is 0 Å². The molecule has 0 bridgehead atoms. The van der Waals surface area contributed by atoms with Crippen LogP contribution in [0.3, 0.4) is 0 Å². The predicted octanol–water partition coefficient (Wildman–Crippen LogP) is 6.64. The van der Waals surface area contributed by atoms with Crippen LogP contribution in [0.5, 0.6) is 0 Å². The normalized spacial score (nSPS) is 12.0. The van der Waals surface area contributed by atoms with Crippen molar-refractivity contribution in [1.82, 2.24) is 0 Å². The van der Waals surface area contributed by atoms with Gasteiger partial charge in [-0.2, -0.15) is 0 Å². The largest absolute Gasteiger partial charge is 0.147 e. The van der Waals surface area contributed by atoms with Gasteiger partial charge in [0, 0.05) is 0 Å². The van der Waals surface area contributed by atoms with Gasteiger partial charge >= 0.3 is 41.3 Å². The van der Waals surface area contributed by atoms with Crippen LogP contribution in [-0.2, 0) is 24.2 Å². The molecule has 1 aliphatic rings. The Balaban J connectivity index is 0.000000438. The van der Waals surface area contributed by atoms with Gasteiger partial charge in [0.1, 0.15) is 0 Å². The Labute approximate surface area is 171 Å². The molecule has 0 saturated heterocycles. The fraction of sp³-hybridized carbons (Fsp3) is 0.143. The maximum Gasteiger partial charge on any atom is -0.147 e. The summed E-state index contributed by atoms with van der Waals surface area (Å²) in [5, 5.41) is 5.46. The second-order valence-corrected chi connectivity index (χ2v) is 8.28. The van der Waals surface area contributed by atoms with Crippen molar-refractivity contribution < 1.29 is 24.2 Å². The molecule has 0 radical (unpaired) electrons. The van der Waals surface area contributed by atoms with Crippen LogP contribution in [0.4, 0.5) is 0 Å². The molecule has 0 unspecified atom stereocenters. The molecule has 0 saturated carbocycles. The Bertz CT molecular complexity index is 896. The summed E-state index contributed by atoms with van der Waals surface area (Å²) in [4.78, 5) is 0. The molecule has 1 aliphatic carbocycles. The summed E-state index contributed by atoms with van der Waals surface area (Å²) in [6, 6.07) is 17.6. The summed E-state index contributed by atoms with van der Waals surface area (Å²) < 4.78 is 1.51. The summed E-state index contributed by atoms with van der Waals surface area (Å²) in [6.45, 7) is 4.25. The molecule has 3 aromatic rings. The molecule has 0 nitrogen and oxygen atoms in total. The van der Waals surface area contributed by atoms with Crippen molar-refractivity contribution in [3.8, 4) is 0 Å². The first kappa shape index (κ1) is 21.2. The van der Waals surface area contributed by atoms with Crippen LogP contribution in [0.2, 0.25) is 0 Å². The van der Waals surface area contributed by atoms with E-state index in [4.69, 9.17) is 0 Å². The second kappa shape index (κ2) is 9.57. The van der Waals surface area contributed by atoms with Gasteiger partial charge in [0.05, 0.1) is 0 Å². The van der Waals surface area contributed by atoms with E-state index in [1.807, 2.05) is 0 Å². The Morgan fingerprint density at radius 3 is 2.29 bits per heavy atom. The number of hydrogen-bond acceptors (Lipinski definition) is 0. The molecule has 0 fully saturated rings. The third kappa shape index (κ3) is 4.60. The standard InChI is InChI=1S/C18H13.C3H6.2ClH.Zr/c1-2-7-13(6-1)15-10-5-11-17-16-9-4-3-8-14(16)12-18(15)17;1-3-2;;;/h1-6,8-12H,7H2;1-2H3;2*1H;/q-1;;;;. The smallest absolute Gasteiger partial charge is 0.147 e. The van der Waals surface area contributed by atoms with Gasteiger partial charge in [-0.05, 0) is 6.42 Å². The van der Waals surface area contributed by atoms with Crippen molar-refractivity contribution in [2.75, 3.05) is 0 Å². The number of hydrogen-bond donors (Lipinski definition) is 0. The Morgan fingerprint density at radius 2 is 1.62 bits per heavy atom. The first-order chi connectivity index (χ1) is 10.7. The molecule has 0 atom stereocenters. The molecular formula is C21H21Cl2Zr-. The van der Waals surface area contributed by atoms with Crippen LogP contribution in [0, 0.1) is 0 Å². The molecule has 0 spiro atoms. The van der Waals surface area contributed by atoms with Gasteiger partial charge in [0.15, 0.2) is 0 Å². The minimum atomic E-state index is 0. The van der Waals surface area contributed by atoms with Gasteiger partial charge < -0.3 is 0 Å². The van der Waals surface area contributed by atoms with Gasteiger partial charge in [-0.15, -0.1) is 58.5 Å². The molecule has 0 heterocycles. The Kier molecular flexibility index (Phi) is 8.44. The maximum atomic E-state index is 2.32. The third-order valence-electron chi connectivity index (χ3n) is 3.77. The summed E-state index contributed by atoms with van der Waals surface area (Å²) in [5.74, 6) is 0. The summed E-state index contributed by atoms with van der Waals surface area (Å²) >= 11 is 1.55. The van der Waals surface area contributed by atoms with E-state index in [1.165, 1.54) is 35.9 Å². The van der Waals surface area contributed by atoms with E-state index in [0.29, 0.717) is 0 Å². The van der Waals surface area contributed by atoms with Crippen molar-refractivity contribution >= 4 is 55.1 Å². The van der Waals surface area contributed by atoms with Crippen molar-refractivity contribution in [3.63, 3.8) is 0 Å². The van der Waals surface area contributed by atoms with E-state index >= 15 is 0 Å². The van der Waals surface area contributed by atoms with Crippen LogP contribution >= 0.6 is 24.8 Å². The first-order valence-electron chi connectivity index (χ1n) is 7.62. The quantitative estimate of drug-likeness (QED) is 0.376. The number of rotatable bonds is 1. The van der Waals surface area contributed by atoms with Gasteiger partial charge in [0.25, 0.3) is 0 Å². The van der Waals surface area contributed by atoms with Crippen LogP contribution < -0.4 is 0 Å². The topological polar surface area (TPSA) is 0 Å². The molecule has 3 aromatic carbocycles. The fourth-order valence-electron chi connectivity index (χ4n) is 2.91. The van der Waals surface area contributed by atoms with Crippen LogP contribution in [0.1, 0.15) is 25.8 Å². The van der Waals surface area contributed by atoms with E-state index in [-0.39, 0.29) is 24.8 Å². The molecule has 3 heteroatoms. The third-order valence-corrected chi connectivity index (χ3v) is 3.77. The number of halogens is 2. The first-order valence-corrected chi connectivity index (χ1v) is 8.84. The van der Waals surface area contributed by atoms with Gasteiger partial charge in [-0.3, -0.25) is 0 Å². The minimum Gasteiger partial charge on any atom is -0.147 e. The van der Waals surface area contributed by atoms with Crippen molar-refractivity contribution in [2.24, 2.45) is 0 Å². The van der Waals surface area contributed by atoms with Crippen molar-refractivity contribution in [3.05, 3.63) is 72.3 Å². The predicted molar refractivity (Wildman–Crippen MR) is 110 cm³/mol. The Morgan fingerprint density at radius 1 is 0.958 bits per heavy atom. The van der Waals surface area contributed by atoms with Crippen molar-refractivity contribution in [2.45, 2.75) is 20.3 Å². The fourth-order valence-corrected chi connectivity index (χ4v) is 2.91. The average Bonchev–Trinajstić information content (AvgIpc) is 3.14. The minimum absolute atomic E-state index is 0. The Hall–Kier alpha value is -0.877. The van der Waals surface area contributed by atoms with Gasteiger partial charge in [-0.25, -0.2) is 0 Å². The van der Waals surface area contributed by atoms with E-state index in [0.717, 1.165) is 6.42 Å². The van der Waals surface area contributed by atoms with Gasteiger partial charge in [0.2, 0.25) is 0 Å². The molecule has 0 aromatic heterocycles.